The van der Waals surface area contributed by atoms with Gasteiger partial charge in [0.15, 0.2) is 0 Å². The van der Waals surface area contributed by atoms with E-state index >= 15 is 0 Å². The second kappa shape index (κ2) is 5.59. The summed E-state index contributed by atoms with van der Waals surface area (Å²) in [5.74, 6) is 0.733. The third kappa shape index (κ3) is 2.58. The number of hydrogen-bond donors (Lipinski definition) is 1. The first-order chi connectivity index (χ1) is 11.9. The van der Waals surface area contributed by atoms with Crippen molar-refractivity contribution in [2.75, 3.05) is 32.2 Å². The average molecular weight is 348 g/mol. The predicted octanol–water partition coefficient (Wildman–Crippen LogP) is 2.57. The molecule has 0 unspecified atom stereocenters. The number of nitrogens with one attached hydrogen (secondary N) is 1. The lowest BCUT2D eigenvalue weighted by molar-refractivity contribution is -0.125. The number of ether oxygens (including phenoxy) is 4. The van der Waals surface area contributed by atoms with Gasteiger partial charge in [-0.3, -0.25) is 5.32 Å². The molecule has 7 nitrogen and oxygen atoms in total. The topological polar surface area (TPSA) is 69.3 Å². The van der Waals surface area contributed by atoms with Crippen LogP contribution in [0.3, 0.4) is 0 Å². The molecule has 136 valence electrons. The number of benzene rings is 1. The monoisotopic (exact) mass is 348 g/mol. The molecule has 1 aromatic rings. The summed E-state index contributed by atoms with van der Waals surface area (Å²) in [6.07, 6.45) is 1.35. The summed E-state index contributed by atoms with van der Waals surface area (Å²) in [6, 6.07) is 7.10. The van der Waals surface area contributed by atoms with E-state index in [1.165, 1.54) is 0 Å². The molecule has 0 aliphatic carbocycles. The summed E-state index contributed by atoms with van der Waals surface area (Å²) in [5, 5.41) is 2.73. The Hall–Kier alpha value is -1.83. The number of carbonyl (C=O) groups is 1. The first-order valence-electron chi connectivity index (χ1n) is 8.55. The van der Waals surface area contributed by atoms with Gasteiger partial charge < -0.3 is 18.9 Å². The summed E-state index contributed by atoms with van der Waals surface area (Å²) in [4.78, 5) is 14.5. The second-order valence-electron chi connectivity index (χ2n) is 7.42. The van der Waals surface area contributed by atoms with Crippen LogP contribution in [-0.2, 0) is 14.2 Å². The summed E-state index contributed by atoms with van der Waals surface area (Å²) < 4.78 is 22.8. The summed E-state index contributed by atoms with van der Waals surface area (Å²) >= 11 is 0. The summed E-state index contributed by atoms with van der Waals surface area (Å²) in [7, 11) is 1.60. The zero-order valence-electron chi connectivity index (χ0n) is 14.8. The van der Waals surface area contributed by atoms with Crippen LogP contribution in [0.5, 0.6) is 5.75 Å². The molecule has 0 aromatic heterocycles. The van der Waals surface area contributed by atoms with Crippen molar-refractivity contribution < 1.29 is 23.7 Å². The summed E-state index contributed by atoms with van der Waals surface area (Å²) in [6.45, 7) is 5.43. The Balaban J connectivity index is 1.40. The highest BCUT2D eigenvalue weighted by molar-refractivity contribution is 5.84. The maximum Gasteiger partial charge on any atom is 0.411 e. The smallest absolute Gasteiger partial charge is 0.411 e. The number of rotatable bonds is 4. The van der Waals surface area contributed by atoms with Gasteiger partial charge >= 0.3 is 6.09 Å². The molecule has 3 saturated heterocycles. The van der Waals surface area contributed by atoms with Crippen molar-refractivity contribution in [2.45, 2.75) is 43.7 Å². The molecule has 3 aliphatic rings. The van der Waals surface area contributed by atoms with Crippen LogP contribution in [0.2, 0.25) is 0 Å². The lowest BCUT2D eigenvalue weighted by Gasteiger charge is -2.37. The standard InChI is InChI=1S/C18H24N2O5/c1-16-8-9-17(2)20(16)18(11-24-16,12-25-17)10-23-15(21)19-13-4-6-14(22-3)7-5-13/h4-7H,8-12H2,1-3H3,(H,19,21)/t16-,17-/m0/s1. The molecule has 1 N–H and O–H groups in total. The molecule has 1 amide bonds. The molecular weight excluding hydrogens is 324 g/mol. The minimum Gasteiger partial charge on any atom is -0.497 e. The maximum absolute atomic E-state index is 12.2. The van der Waals surface area contributed by atoms with Crippen molar-refractivity contribution >= 4 is 11.8 Å². The highest BCUT2D eigenvalue weighted by Crippen LogP contribution is 2.55. The molecule has 4 rings (SSSR count). The first-order valence-corrected chi connectivity index (χ1v) is 8.55. The van der Waals surface area contributed by atoms with Crippen molar-refractivity contribution in [3.05, 3.63) is 24.3 Å². The molecule has 3 heterocycles. The maximum atomic E-state index is 12.2. The normalized spacial score (nSPS) is 36.3. The van der Waals surface area contributed by atoms with Crippen LogP contribution in [0.15, 0.2) is 24.3 Å². The van der Waals surface area contributed by atoms with Crippen LogP contribution in [-0.4, -0.2) is 54.9 Å². The highest BCUT2D eigenvalue weighted by Gasteiger charge is 2.69. The fourth-order valence-electron chi connectivity index (χ4n) is 4.39. The Kier molecular flexibility index (Phi) is 3.72. The van der Waals surface area contributed by atoms with Gasteiger partial charge in [0.25, 0.3) is 0 Å². The van der Waals surface area contributed by atoms with Crippen molar-refractivity contribution in [3.63, 3.8) is 0 Å². The molecule has 0 radical (unpaired) electrons. The van der Waals surface area contributed by atoms with E-state index in [1.54, 1.807) is 31.4 Å². The molecule has 7 heteroatoms. The number of nitrogens with zero attached hydrogens (tertiary/aromatic N) is 1. The first kappa shape index (κ1) is 16.6. The van der Waals surface area contributed by atoms with E-state index in [4.69, 9.17) is 18.9 Å². The molecule has 1 aromatic carbocycles. The lowest BCUT2D eigenvalue weighted by atomic mass is 10.0. The molecule has 3 aliphatic heterocycles. The van der Waals surface area contributed by atoms with Gasteiger partial charge in [-0.1, -0.05) is 0 Å². The second-order valence-corrected chi connectivity index (χ2v) is 7.42. The molecule has 3 fully saturated rings. The van der Waals surface area contributed by atoms with Gasteiger partial charge in [0.05, 0.1) is 20.3 Å². The molecule has 0 bridgehead atoms. The van der Waals surface area contributed by atoms with Crippen LogP contribution in [0.4, 0.5) is 10.5 Å². The zero-order valence-corrected chi connectivity index (χ0v) is 14.8. The van der Waals surface area contributed by atoms with Crippen LogP contribution in [0.1, 0.15) is 26.7 Å². The van der Waals surface area contributed by atoms with E-state index in [0.29, 0.717) is 18.9 Å². The molecule has 2 atom stereocenters. The van der Waals surface area contributed by atoms with Gasteiger partial charge in [-0.25, -0.2) is 9.69 Å². The number of hydrogen-bond acceptors (Lipinski definition) is 6. The van der Waals surface area contributed by atoms with Gasteiger partial charge in [0.2, 0.25) is 0 Å². The van der Waals surface area contributed by atoms with Crippen molar-refractivity contribution in [3.8, 4) is 5.75 Å². The Morgan fingerprint density at radius 3 is 2.32 bits per heavy atom. The lowest BCUT2D eigenvalue weighted by Crippen LogP contribution is -2.56. The van der Waals surface area contributed by atoms with E-state index in [1.807, 2.05) is 0 Å². The van der Waals surface area contributed by atoms with Gasteiger partial charge in [-0.2, -0.15) is 0 Å². The van der Waals surface area contributed by atoms with E-state index in [-0.39, 0.29) is 18.1 Å². The Morgan fingerprint density at radius 1 is 1.16 bits per heavy atom. The number of methoxy groups -OCH3 is 1. The third-order valence-corrected chi connectivity index (χ3v) is 5.59. The van der Waals surface area contributed by atoms with Gasteiger partial charge in [0.1, 0.15) is 29.3 Å². The van der Waals surface area contributed by atoms with Crippen molar-refractivity contribution in [2.24, 2.45) is 0 Å². The van der Waals surface area contributed by atoms with Crippen molar-refractivity contribution in [1.29, 1.82) is 0 Å². The van der Waals surface area contributed by atoms with Crippen LogP contribution in [0.25, 0.3) is 0 Å². The van der Waals surface area contributed by atoms with Gasteiger partial charge in [-0.05, 0) is 51.0 Å². The number of amides is 1. The van der Waals surface area contributed by atoms with E-state index in [0.717, 1.165) is 18.6 Å². The van der Waals surface area contributed by atoms with E-state index < -0.39 is 11.6 Å². The number of carbonyl (C=O) groups excluding carboxylic acids is 1. The van der Waals surface area contributed by atoms with Crippen LogP contribution >= 0.6 is 0 Å². The van der Waals surface area contributed by atoms with Crippen LogP contribution < -0.4 is 10.1 Å². The fraction of sp³-hybridized carbons (Fsp3) is 0.611. The predicted molar refractivity (Wildman–Crippen MR) is 90.5 cm³/mol. The SMILES string of the molecule is COc1ccc(NC(=O)OCC23CO[C@@]4(C)CC[C@](C)(OC2)N34)cc1. The Bertz CT molecular complexity index is 657. The van der Waals surface area contributed by atoms with Gasteiger partial charge in [-0.15, -0.1) is 0 Å². The summed E-state index contributed by atoms with van der Waals surface area (Å²) in [5.41, 5.74) is -0.413. The van der Waals surface area contributed by atoms with Crippen molar-refractivity contribution in [1.82, 2.24) is 4.90 Å². The largest absolute Gasteiger partial charge is 0.497 e. The zero-order chi connectivity index (χ0) is 17.7. The molecule has 0 saturated carbocycles. The molecule has 0 spiro atoms. The quantitative estimate of drug-likeness (QED) is 0.902. The van der Waals surface area contributed by atoms with Crippen LogP contribution in [0, 0.1) is 0 Å². The van der Waals surface area contributed by atoms with Gasteiger partial charge in [0, 0.05) is 5.69 Å². The third-order valence-electron chi connectivity index (χ3n) is 5.59. The Labute approximate surface area is 147 Å². The molecular formula is C18H24N2O5. The van der Waals surface area contributed by atoms with E-state index in [9.17, 15) is 4.79 Å². The number of anilines is 1. The highest BCUT2D eigenvalue weighted by atomic mass is 16.6. The average Bonchev–Trinajstić information content (AvgIpc) is 3.18. The minimum absolute atomic E-state index is 0.236. The molecule has 25 heavy (non-hydrogen) atoms. The fourth-order valence-corrected chi connectivity index (χ4v) is 4.39. The Morgan fingerprint density at radius 2 is 1.76 bits per heavy atom. The minimum atomic E-state index is -0.485. The van der Waals surface area contributed by atoms with E-state index in [2.05, 4.69) is 24.1 Å².